The van der Waals surface area contributed by atoms with Crippen LogP contribution in [0.2, 0.25) is 19.6 Å². The molecule has 0 N–H and O–H groups in total. The molecule has 0 aliphatic rings. The van der Waals surface area contributed by atoms with Crippen LogP contribution < -0.4 is 5.19 Å². The van der Waals surface area contributed by atoms with E-state index < -0.39 is 14.0 Å². The number of benzene rings is 4. The summed E-state index contributed by atoms with van der Waals surface area (Å²) in [5, 5.41) is 3.52. The van der Waals surface area contributed by atoms with Crippen LogP contribution in [-0.4, -0.2) is 18.0 Å². The van der Waals surface area contributed by atoms with E-state index in [2.05, 4.69) is 90.3 Å². The van der Waals surface area contributed by atoms with E-state index in [0.717, 1.165) is 61.1 Å². The summed E-state index contributed by atoms with van der Waals surface area (Å²) in [6, 6.07) is 43.1. The van der Waals surface area contributed by atoms with E-state index >= 15 is 0 Å². The summed E-state index contributed by atoms with van der Waals surface area (Å²) in [4.78, 5) is 9.03. The number of nitrogens with zero attached hydrogens (tertiary/aromatic N) is 2. The maximum absolute atomic E-state index is 8.30. The van der Waals surface area contributed by atoms with Crippen LogP contribution in [0.3, 0.4) is 0 Å². The zero-order valence-corrected chi connectivity index (χ0v) is 29.6. The number of hydrogen-bond acceptors (Lipinski definition) is 3. The van der Waals surface area contributed by atoms with Crippen molar-refractivity contribution in [1.29, 1.82) is 0 Å². The van der Waals surface area contributed by atoms with Crippen LogP contribution in [-0.2, 0) is 20.1 Å². The van der Waals surface area contributed by atoms with Crippen molar-refractivity contribution in [3.63, 3.8) is 0 Å². The van der Waals surface area contributed by atoms with Gasteiger partial charge in [-0.2, -0.15) is 0 Å². The molecule has 0 saturated carbocycles. The molecule has 5 heteroatoms. The zero-order valence-electron chi connectivity index (χ0n) is 27.2. The first-order valence-electron chi connectivity index (χ1n) is 15.4. The van der Waals surface area contributed by atoms with Gasteiger partial charge < -0.3 is 14.4 Å². The van der Waals surface area contributed by atoms with Crippen LogP contribution in [0.5, 0.6) is 0 Å². The summed E-state index contributed by atoms with van der Waals surface area (Å²) >= 11 is 0. The first kappa shape index (κ1) is 30.9. The molecule has 1 radical (unpaired) electrons. The van der Waals surface area contributed by atoms with E-state index in [4.69, 9.17) is 5.79 Å². The van der Waals surface area contributed by atoms with Gasteiger partial charge in [0.25, 0.3) is 0 Å². The summed E-state index contributed by atoms with van der Waals surface area (Å²) < 4.78 is 14.5. The van der Waals surface area contributed by atoms with Crippen molar-refractivity contribution in [2.45, 2.75) is 39.4 Å². The molecule has 3 heterocycles. The Bertz CT molecular complexity index is 2060. The Morgan fingerprint density at radius 1 is 0.756 bits per heavy atom. The third-order valence-electron chi connectivity index (χ3n) is 7.74. The molecule has 7 rings (SSSR count). The van der Waals surface area contributed by atoms with Gasteiger partial charge in [-0.3, -0.25) is 0 Å². The minimum atomic E-state index is -1.23. The molecule has 45 heavy (non-hydrogen) atoms. The Morgan fingerprint density at radius 2 is 1.56 bits per heavy atom. The number of fused-ring (bicyclic) bond motifs is 3. The molecule has 227 valence electrons. The summed E-state index contributed by atoms with van der Waals surface area (Å²) in [6.07, 6.45) is 3.78. The van der Waals surface area contributed by atoms with Gasteiger partial charge in [0.05, 0.1) is 13.7 Å². The number of aromatic nitrogens is 2. The van der Waals surface area contributed by atoms with Gasteiger partial charge in [-0.1, -0.05) is 111 Å². The Balaban J connectivity index is 0.000000209. The fourth-order valence-electron chi connectivity index (χ4n) is 5.17. The molecule has 0 spiro atoms. The van der Waals surface area contributed by atoms with Crippen LogP contribution in [0.15, 0.2) is 126 Å². The molecule has 0 saturated heterocycles. The Hall–Kier alpha value is -4.15. The normalized spacial score (nSPS) is 11.8. The molecule has 0 amide bonds. The number of rotatable bonds is 5. The van der Waals surface area contributed by atoms with Crippen molar-refractivity contribution >= 4 is 35.2 Å². The largest absolute Gasteiger partial charge is 0.500 e. The van der Waals surface area contributed by atoms with Crippen molar-refractivity contribution in [2.75, 3.05) is 0 Å². The molecule has 0 unspecified atom stereocenters. The van der Waals surface area contributed by atoms with E-state index in [0.29, 0.717) is 0 Å². The predicted octanol–water partition coefficient (Wildman–Crippen LogP) is 10.3. The number of furan rings is 1. The fourth-order valence-corrected chi connectivity index (χ4v) is 6.21. The zero-order chi connectivity index (χ0) is 31.6. The van der Waals surface area contributed by atoms with Crippen molar-refractivity contribution in [2.24, 2.45) is 0 Å². The van der Waals surface area contributed by atoms with Gasteiger partial charge in [-0.25, -0.2) is 0 Å². The van der Waals surface area contributed by atoms with Crippen molar-refractivity contribution in [3.8, 4) is 33.6 Å². The van der Waals surface area contributed by atoms with E-state index in [1.165, 1.54) is 5.19 Å². The summed E-state index contributed by atoms with van der Waals surface area (Å²) in [5.41, 5.74) is 8.61. The van der Waals surface area contributed by atoms with Gasteiger partial charge >= 0.3 is 0 Å². The van der Waals surface area contributed by atoms with Crippen LogP contribution in [0.1, 0.15) is 26.7 Å². The number of para-hydroxylation sites is 1. The number of hydrogen-bond donors (Lipinski definition) is 0. The third-order valence-corrected chi connectivity index (χ3v) is 9.77. The molecule has 4 aromatic carbocycles. The van der Waals surface area contributed by atoms with Gasteiger partial charge in [0, 0.05) is 44.8 Å². The SMILES string of the molecule is C[Si](C)(C)c1ccc(-c2[c-]cccc2)nc1.[2H]C(C)(C)c1ccnc(-c2[c-]cc3oc4c(-c5ccccc5)cccc4c3c2)c1.[Ir]. The second-order valence-corrected chi connectivity index (χ2v) is 17.2. The first-order valence-corrected chi connectivity index (χ1v) is 18.4. The minimum Gasteiger partial charge on any atom is -0.500 e. The van der Waals surface area contributed by atoms with Crippen molar-refractivity contribution < 1.29 is 25.9 Å². The first-order chi connectivity index (χ1) is 21.6. The molecular formula is C40H36IrN2OSi-2. The van der Waals surface area contributed by atoms with Crippen molar-refractivity contribution in [1.82, 2.24) is 9.97 Å². The average Bonchev–Trinajstić information content (AvgIpc) is 3.43. The van der Waals surface area contributed by atoms with E-state index in [1.807, 2.05) is 80.7 Å². The molecule has 3 aromatic heterocycles. The molecule has 0 bridgehead atoms. The molecule has 0 atom stereocenters. The summed E-state index contributed by atoms with van der Waals surface area (Å²) in [5.74, 6) is -0.672. The van der Waals surface area contributed by atoms with Gasteiger partial charge in [-0.05, 0) is 34.1 Å². The van der Waals surface area contributed by atoms with Crippen LogP contribution in [0.4, 0.5) is 0 Å². The quantitative estimate of drug-likeness (QED) is 0.129. The molecule has 0 fully saturated rings. The Kier molecular flexibility index (Phi) is 9.51. The van der Waals surface area contributed by atoms with E-state index in [1.54, 1.807) is 6.20 Å². The summed E-state index contributed by atoms with van der Waals surface area (Å²) in [7, 11) is -1.23. The van der Waals surface area contributed by atoms with Gasteiger partial charge in [-0.15, -0.1) is 59.7 Å². The molecule has 7 aromatic rings. The van der Waals surface area contributed by atoms with Crippen LogP contribution in [0.25, 0.3) is 55.6 Å². The fraction of sp³-hybridized carbons (Fsp3) is 0.150. The molecular weight excluding hydrogens is 745 g/mol. The van der Waals surface area contributed by atoms with Crippen LogP contribution in [0, 0.1) is 12.1 Å². The maximum Gasteiger partial charge on any atom is 0.128 e. The summed E-state index contributed by atoms with van der Waals surface area (Å²) in [6.45, 7) is 10.8. The Morgan fingerprint density at radius 3 is 2.24 bits per heavy atom. The van der Waals surface area contributed by atoms with Gasteiger partial charge in [0.15, 0.2) is 0 Å². The van der Waals surface area contributed by atoms with Gasteiger partial charge in [0.2, 0.25) is 0 Å². The Labute approximate surface area is 282 Å². The second kappa shape index (κ2) is 13.9. The van der Waals surface area contributed by atoms with Gasteiger partial charge in [0.1, 0.15) is 5.58 Å². The number of pyridine rings is 2. The standard InChI is InChI=1S/C26H20NO.C14H16NSi.Ir/c1-17(2)19-13-14-27-24(16-19)20-11-12-25-23(15-20)22-10-6-9-21(26(22)28-25)18-7-4-3-5-8-18;1-16(2,3)13-9-10-14(15-11-13)12-7-5-4-6-8-12;/h3-10,12-17H,1-2H3;4-7,9-11H,1-3H3;/q2*-1;/i17D;;. The molecule has 0 aliphatic carbocycles. The maximum atomic E-state index is 8.30. The minimum absolute atomic E-state index is 0. The smallest absolute Gasteiger partial charge is 0.128 e. The predicted molar refractivity (Wildman–Crippen MR) is 187 cm³/mol. The third kappa shape index (κ3) is 7.23. The molecule has 3 nitrogen and oxygen atoms in total. The van der Waals surface area contributed by atoms with Crippen LogP contribution >= 0.6 is 0 Å². The topological polar surface area (TPSA) is 38.9 Å². The monoisotopic (exact) mass is 782 g/mol. The van der Waals surface area contributed by atoms with E-state index in [-0.39, 0.29) is 20.1 Å². The van der Waals surface area contributed by atoms with E-state index in [9.17, 15) is 0 Å². The molecule has 0 aliphatic heterocycles. The average molecular weight is 782 g/mol. The second-order valence-electron chi connectivity index (χ2n) is 12.2. The van der Waals surface area contributed by atoms with Crippen molar-refractivity contribution in [3.05, 3.63) is 139 Å².